The number of carbonyl (C=O) groups is 1. The Morgan fingerprint density at radius 1 is 0.857 bits per heavy atom. The molecule has 11 heteroatoms. The SMILES string of the molecule is O=C(Nc1ccc(-n2cnnn2)cc1)c1ccc(N2CCCCC2)c(S(=O)(=O)N2CCCCC2)c1. The second kappa shape index (κ2) is 10.1. The fourth-order valence-electron chi connectivity index (χ4n) is 4.68. The molecule has 1 N–H and O–H groups in total. The van der Waals surface area contributed by atoms with Crippen LogP contribution in [0.15, 0.2) is 53.7 Å². The summed E-state index contributed by atoms with van der Waals surface area (Å²) in [4.78, 5) is 15.5. The normalized spacial score (nSPS) is 17.3. The Kier molecular flexibility index (Phi) is 6.78. The van der Waals surface area contributed by atoms with Crippen molar-refractivity contribution in [3.05, 3.63) is 54.4 Å². The molecule has 0 bridgehead atoms. The molecule has 184 valence electrons. The maximum Gasteiger partial charge on any atom is 0.255 e. The van der Waals surface area contributed by atoms with Gasteiger partial charge in [0.05, 0.1) is 11.4 Å². The summed E-state index contributed by atoms with van der Waals surface area (Å²) in [6.45, 7) is 2.68. The monoisotopic (exact) mass is 495 g/mol. The van der Waals surface area contributed by atoms with Crippen molar-refractivity contribution in [3.63, 3.8) is 0 Å². The van der Waals surface area contributed by atoms with Gasteiger partial charge in [0.15, 0.2) is 0 Å². The van der Waals surface area contributed by atoms with Crippen molar-refractivity contribution in [2.75, 3.05) is 36.4 Å². The molecule has 3 heterocycles. The minimum atomic E-state index is -3.71. The summed E-state index contributed by atoms with van der Waals surface area (Å²) in [5.74, 6) is -0.361. The Morgan fingerprint density at radius 2 is 1.54 bits per heavy atom. The van der Waals surface area contributed by atoms with Crippen LogP contribution in [0.5, 0.6) is 0 Å². The van der Waals surface area contributed by atoms with Crippen molar-refractivity contribution in [1.82, 2.24) is 24.5 Å². The van der Waals surface area contributed by atoms with Gasteiger partial charge in [0.2, 0.25) is 10.0 Å². The van der Waals surface area contributed by atoms with Crippen molar-refractivity contribution in [3.8, 4) is 5.69 Å². The predicted molar refractivity (Wildman–Crippen MR) is 132 cm³/mol. The lowest BCUT2D eigenvalue weighted by Crippen LogP contribution is -2.37. The first-order valence-corrected chi connectivity index (χ1v) is 13.5. The van der Waals surface area contributed by atoms with E-state index in [-0.39, 0.29) is 10.8 Å². The van der Waals surface area contributed by atoms with Crippen LogP contribution in [0.1, 0.15) is 48.9 Å². The predicted octanol–water partition coefficient (Wildman–Crippen LogP) is 3.08. The highest BCUT2D eigenvalue weighted by molar-refractivity contribution is 7.89. The summed E-state index contributed by atoms with van der Waals surface area (Å²) >= 11 is 0. The number of nitrogens with one attached hydrogen (secondary N) is 1. The third-order valence-corrected chi connectivity index (χ3v) is 8.52. The van der Waals surface area contributed by atoms with E-state index in [1.54, 1.807) is 46.8 Å². The van der Waals surface area contributed by atoms with E-state index in [0.29, 0.717) is 30.0 Å². The Bertz CT molecular complexity index is 1260. The largest absolute Gasteiger partial charge is 0.370 e. The fourth-order valence-corrected chi connectivity index (χ4v) is 6.44. The van der Waals surface area contributed by atoms with Crippen LogP contribution in [0, 0.1) is 0 Å². The van der Waals surface area contributed by atoms with Crippen LogP contribution < -0.4 is 10.2 Å². The minimum Gasteiger partial charge on any atom is -0.370 e. The highest BCUT2D eigenvalue weighted by Crippen LogP contribution is 2.32. The Hall–Kier alpha value is -3.31. The molecule has 2 saturated heterocycles. The number of carbonyl (C=O) groups excluding carboxylic acids is 1. The van der Waals surface area contributed by atoms with Gasteiger partial charge in [0.1, 0.15) is 11.2 Å². The molecule has 0 unspecified atom stereocenters. The van der Waals surface area contributed by atoms with Gasteiger partial charge in [0, 0.05) is 37.4 Å². The van der Waals surface area contributed by atoms with Gasteiger partial charge in [-0.05, 0) is 85.0 Å². The number of rotatable bonds is 6. The maximum absolute atomic E-state index is 13.7. The highest BCUT2D eigenvalue weighted by atomic mass is 32.2. The molecule has 0 spiro atoms. The maximum atomic E-state index is 13.7. The lowest BCUT2D eigenvalue weighted by atomic mass is 10.1. The zero-order valence-electron chi connectivity index (χ0n) is 19.5. The molecule has 2 aliphatic rings. The summed E-state index contributed by atoms with van der Waals surface area (Å²) in [5, 5.41) is 13.9. The summed E-state index contributed by atoms with van der Waals surface area (Å²) in [6, 6.07) is 12.1. The first-order chi connectivity index (χ1) is 17.0. The molecular formula is C24H29N7O3S. The summed E-state index contributed by atoms with van der Waals surface area (Å²) in [6.07, 6.45) is 7.47. The average molecular weight is 496 g/mol. The Morgan fingerprint density at radius 3 is 2.20 bits per heavy atom. The van der Waals surface area contributed by atoms with Crippen molar-refractivity contribution >= 4 is 27.3 Å². The quantitative estimate of drug-likeness (QED) is 0.559. The van der Waals surface area contributed by atoms with Gasteiger partial charge in [-0.15, -0.1) is 5.10 Å². The number of benzene rings is 2. The van der Waals surface area contributed by atoms with Crippen LogP contribution in [0.25, 0.3) is 5.69 Å². The second-order valence-corrected chi connectivity index (χ2v) is 10.9. The summed E-state index contributed by atoms with van der Waals surface area (Å²) in [5.41, 5.74) is 2.35. The number of tetrazole rings is 1. The Labute approximate surface area is 205 Å². The highest BCUT2D eigenvalue weighted by Gasteiger charge is 2.31. The zero-order valence-corrected chi connectivity index (χ0v) is 20.3. The van der Waals surface area contributed by atoms with E-state index in [9.17, 15) is 13.2 Å². The topological polar surface area (TPSA) is 113 Å². The standard InChI is InChI=1S/C24H29N7O3S/c32-24(26-20-8-10-21(11-9-20)31-18-25-27-28-31)19-7-12-22(29-13-3-1-4-14-29)23(17-19)35(33,34)30-15-5-2-6-16-30/h7-12,17-18H,1-6,13-16H2,(H,26,32). The first kappa shape index (κ1) is 23.4. The van der Waals surface area contributed by atoms with E-state index < -0.39 is 10.0 Å². The molecule has 1 aromatic heterocycles. The van der Waals surface area contributed by atoms with Crippen LogP contribution in [-0.2, 0) is 10.0 Å². The van der Waals surface area contributed by atoms with E-state index >= 15 is 0 Å². The molecule has 2 aromatic carbocycles. The summed E-state index contributed by atoms with van der Waals surface area (Å²) in [7, 11) is -3.71. The minimum absolute atomic E-state index is 0.225. The fraction of sp³-hybridized carbons (Fsp3) is 0.417. The lowest BCUT2D eigenvalue weighted by molar-refractivity contribution is 0.102. The number of anilines is 2. The molecule has 3 aromatic rings. The number of piperidine rings is 2. The summed E-state index contributed by atoms with van der Waals surface area (Å²) < 4.78 is 30.5. The molecule has 0 aliphatic carbocycles. The van der Waals surface area contributed by atoms with Gasteiger partial charge in [-0.2, -0.15) is 4.31 Å². The van der Waals surface area contributed by atoms with E-state index in [4.69, 9.17) is 0 Å². The molecule has 35 heavy (non-hydrogen) atoms. The van der Waals surface area contributed by atoms with Crippen LogP contribution in [0.4, 0.5) is 11.4 Å². The molecule has 2 fully saturated rings. The second-order valence-electron chi connectivity index (χ2n) is 8.95. The molecule has 0 saturated carbocycles. The van der Waals surface area contributed by atoms with Gasteiger partial charge in [0.25, 0.3) is 5.91 Å². The molecule has 5 rings (SSSR count). The van der Waals surface area contributed by atoms with Crippen molar-refractivity contribution in [1.29, 1.82) is 0 Å². The molecule has 10 nitrogen and oxygen atoms in total. The van der Waals surface area contributed by atoms with Crippen LogP contribution in [-0.4, -0.2) is 65.0 Å². The van der Waals surface area contributed by atoms with Crippen LogP contribution >= 0.6 is 0 Å². The van der Waals surface area contributed by atoms with Gasteiger partial charge >= 0.3 is 0 Å². The van der Waals surface area contributed by atoms with Gasteiger partial charge in [-0.3, -0.25) is 4.79 Å². The van der Waals surface area contributed by atoms with E-state index in [2.05, 4.69) is 25.7 Å². The number of aromatic nitrogens is 4. The third kappa shape index (κ3) is 5.06. The molecule has 0 radical (unpaired) electrons. The molecule has 2 aliphatic heterocycles. The number of nitrogens with zero attached hydrogens (tertiary/aromatic N) is 6. The van der Waals surface area contributed by atoms with Crippen LogP contribution in [0.3, 0.4) is 0 Å². The van der Waals surface area contributed by atoms with Gasteiger partial charge in [-0.1, -0.05) is 6.42 Å². The smallest absolute Gasteiger partial charge is 0.255 e. The number of amides is 1. The Balaban J connectivity index is 1.42. The third-order valence-electron chi connectivity index (χ3n) is 6.59. The zero-order chi connectivity index (χ0) is 24.3. The molecular weight excluding hydrogens is 466 g/mol. The van der Waals surface area contributed by atoms with Crippen molar-refractivity contribution in [2.45, 2.75) is 43.4 Å². The van der Waals surface area contributed by atoms with E-state index in [0.717, 1.165) is 57.3 Å². The van der Waals surface area contributed by atoms with E-state index in [1.165, 1.54) is 11.0 Å². The number of sulfonamides is 1. The average Bonchev–Trinajstić information content (AvgIpc) is 3.45. The van der Waals surface area contributed by atoms with Crippen molar-refractivity contribution in [2.24, 2.45) is 0 Å². The van der Waals surface area contributed by atoms with E-state index in [1.807, 2.05) is 0 Å². The van der Waals surface area contributed by atoms with Crippen LogP contribution in [0.2, 0.25) is 0 Å². The lowest BCUT2D eigenvalue weighted by Gasteiger charge is -2.33. The molecule has 1 amide bonds. The van der Waals surface area contributed by atoms with Crippen molar-refractivity contribution < 1.29 is 13.2 Å². The number of hydrogen-bond donors (Lipinski definition) is 1. The first-order valence-electron chi connectivity index (χ1n) is 12.1. The molecule has 0 atom stereocenters. The number of hydrogen-bond acceptors (Lipinski definition) is 7. The van der Waals surface area contributed by atoms with Gasteiger partial charge in [-0.25, -0.2) is 13.1 Å². The van der Waals surface area contributed by atoms with Gasteiger partial charge < -0.3 is 10.2 Å².